The summed E-state index contributed by atoms with van der Waals surface area (Å²) in [6.45, 7) is 0.542. The fourth-order valence-corrected chi connectivity index (χ4v) is 1.46. The largest absolute Gasteiger partial charge is 0.494 e. The van der Waals surface area contributed by atoms with Crippen LogP contribution in [0.4, 0.5) is 0 Å². The van der Waals surface area contributed by atoms with Gasteiger partial charge in [-0.3, -0.25) is 8.74 Å². The first-order valence-corrected chi connectivity index (χ1v) is 6.74. The van der Waals surface area contributed by atoms with Crippen molar-refractivity contribution in [1.29, 1.82) is 0 Å². The van der Waals surface area contributed by atoms with Crippen molar-refractivity contribution in [3.63, 3.8) is 0 Å². The van der Waals surface area contributed by atoms with E-state index in [0.29, 0.717) is 13.0 Å². The lowest BCUT2D eigenvalue weighted by molar-refractivity contribution is 0.246. The molecule has 84 valence electrons. The van der Waals surface area contributed by atoms with Crippen LogP contribution in [-0.4, -0.2) is 22.0 Å². The van der Waals surface area contributed by atoms with Crippen LogP contribution in [0.15, 0.2) is 30.3 Å². The fourth-order valence-electron chi connectivity index (χ4n) is 0.930. The van der Waals surface area contributed by atoms with E-state index in [1.165, 1.54) is 0 Å². The predicted molar refractivity (Wildman–Crippen MR) is 60.6 cm³/mol. The zero-order chi connectivity index (χ0) is 11.1. The molecule has 0 bridgehead atoms. The first-order valence-electron chi connectivity index (χ1n) is 4.37. The molecule has 0 aliphatic carbocycles. The van der Waals surface area contributed by atoms with Crippen LogP contribution in [0.25, 0.3) is 0 Å². The lowest BCUT2D eigenvalue weighted by Gasteiger charge is -2.05. The van der Waals surface area contributed by atoms with E-state index in [1.54, 1.807) is 0 Å². The Labute approximate surface area is 93.9 Å². The third-order valence-electron chi connectivity index (χ3n) is 1.53. The van der Waals surface area contributed by atoms with Gasteiger partial charge in [-0.05, 0) is 12.1 Å². The standard InChI is InChI=1S/C9H12O4S2/c10-15(11,14)13-8-4-7-12-9-5-2-1-3-6-9/h1-3,5-6H,4,7-8H2,(H,10,11,14). The van der Waals surface area contributed by atoms with Gasteiger partial charge in [0.2, 0.25) is 0 Å². The SMILES string of the molecule is O=S(O)(=S)OCCCOc1ccccc1. The number of ether oxygens (including phenoxy) is 1. The van der Waals surface area contributed by atoms with E-state index in [2.05, 4.69) is 15.4 Å². The molecule has 0 saturated heterocycles. The van der Waals surface area contributed by atoms with Gasteiger partial charge >= 0.3 is 0 Å². The molecule has 15 heavy (non-hydrogen) atoms. The monoisotopic (exact) mass is 248 g/mol. The molecule has 0 spiro atoms. The maximum atomic E-state index is 10.5. The molecule has 1 aromatic rings. The van der Waals surface area contributed by atoms with Crippen molar-refractivity contribution >= 4 is 20.2 Å². The van der Waals surface area contributed by atoms with Gasteiger partial charge < -0.3 is 4.74 Å². The Morgan fingerprint density at radius 1 is 1.27 bits per heavy atom. The first kappa shape index (κ1) is 12.4. The molecule has 0 aromatic heterocycles. The van der Waals surface area contributed by atoms with Crippen molar-refractivity contribution in [2.75, 3.05) is 13.2 Å². The van der Waals surface area contributed by atoms with Gasteiger partial charge in [-0.25, -0.2) is 0 Å². The normalized spacial score (nSPS) is 14.5. The van der Waals surface area contributed by atoms with Gasteiger partial charge in [0.25, 0.3) is 9.05 Å². The van der Waals surface area contributed by atoms with E-state index >= 15 is 0 Å². The van der Waals surface area contributed by atoms with E-state index in [9.17, 15) is 4.21 Å². The van der Waals surface area contributed by atoms with Crippen LogP contribution >= 0.6 is 0 Å². The maximum Gasteiger partial charge on any atom is 0.266 e. The summed E-state index contributed by atoms with van der Waals surface area (Å²) in [5, 5.41) is 0. The van der Waals surface area contributed by atoms with Crippen LogP contribution in [0.5, 0.6) is 5.75 Å². The molecule has 1 rings (SSSR count). The van der Waals surface area contributed by atoms with E-state index in [4.69, 9.17) is 9.29 Å². The lowest BCUT2D eigenvalue weighted by atomic mass is 10.3. The maximum absolute atomic E-state index is 10.5. The molecule has 1 atom stereocenters. The Bertz CT molecular complexity index is 374. The van der Waals surface area contributed by atoms with Gasteiger partial charge in [0.05, 0.1) is 13.2 Å². The van der Waals surface area contributed by atoms with E-state index in [-0.39, 0.29) is 6.61 Å². The van der Waals surface area contributed by atoms with Crippen LogP contribution < -0.4 is 4.74 Å². The average molecular weight is 248 g/mol. The minimum Gasteiger partial charge on any atom is -0.494 e. The van der Waals surface area contributed by atoms with Crippen molar-refractivity contribution in [1.82, 2.24) is 0 Å². The van der Waals surface area contributed by atoms with E-state index < -0.39 is 9.05 Å². The Morgan fingerprint density at radius 2 is 1.93 bits per heavy atom. The van der Waals surface area contributed by atoms with Gasteiger partial charge in [-0.1, -0.05) is 18.2 Å². The second-order valence-electron chi connectivity index (χ2n) is 2.76. The zero-order valence-corrected chi connectivity index (χ0v) is 9.63. The molecule has 0 amide bonds. The number of para-hydroxylation sites is 1. The van der Waals surface area contributed by atoms with Crippen molar-refractivity contribution < 1.29 is 17.7 Å². The van der Waals surface area contributed by atoms with Crippen molar-refractivity contribution in [3.8, 4) is 5.75 Å². The van der Waals surface area contributed by atoms with Crippen LogP contribution in [-0.2, 0) is 24.4 Å². The highest BCUT2D eigenvalue weighted by molar-refractivity contribution is 8.27. The van der Waals surface area contributed by atoms with Gasteiger partial charge in [0.1, 0.15) is 5.75 Å². The first-order chi connectivity index (χ1) is 7.08. The van der Waals surface area contributed by atoms with Crippen molar-refractivity contribution in [2.24, 2.45) is 0 Å². The molecule has 1 aromatic carbocycles. The second kappa shape index (κ2) is 6.02. The number of hydrogen-bond acceptors (Lipinski definition) is 4. The minimum atomic E-state index is -3.49. The smallest absolute Gasteiger partial charge is 0.266 e. The van der Waals surface area contributed by atoms with Gasteiger partial charge in [-0.2, -0.15) is 4.21 Å². The fraction of sp³-hybridized carbons (Fsp3) is 0.333. The average Bonchev–Trinajstić information content (AvgIpc) is 2.17. The topological polar surface area (TPSA) is 55.8 Å². The summed E-state index contributed by atoms with van der Waals surface area (Å²) >= 11 is 4.15. The third kappa shape index (κ3) is 6.40. The van der Waals surface area contributed by atoms with Crippen molar-refractivity contribution in [3.05, 3.63) is 30.3 Å². The summed E-state index contributed by atoms with van der Waals surface area (Å²) in [4.78, 5) is 0. The number of benzene rings is 1. The molecule has 1 unspecified atom stereocenters. The predicted octanol–water partition coefficient (Wildman–Crippen LogP) is 1.61. The molecule has 1 N–H and O–H groups in total. The zero-order valence-electron chi connectivity index (χ0n) is 8.00. The Kier molecular flexibility index (Phi) is 4.97. The highest BCUT2D eigenvalue weighted by atomic mass is 32.9. The molecule has 0 fully saturated rings. The summed E-state index contributed by atoms with van der Waals surface area (Å²) in [5.74, 6) is 0.764. The van der Waals surface area contributed by atoms with Crippen molar-refractivity contribution in [2.45, 2.75) is 6.42 Å². The summed E-state index contributed by atoms with van der Waals surface area (Å²) in [6.07, 6.45) is 0.517. The summed E-state index contributed by atoms with van der Waals surface area (Å²) < 4.78 is 29.0. The molecular formula is C9H12O4S2. The molecular weight excluding hydrogens is 236 g/mol. The van der Waals surface area contributed by atoms with Gasteiger partial charge in [0, 0.05) is 17.6 Å². The van der Waals surface area contributed by atoms with Gasteiger partial charge in [-0.15, -0.1) is 0 Å². The second-order valence-corrected chi connectivity index (χ2v) is 5.12. The Balaban J connectivity index is 2.13. The molecule has 4 nitrogen and oxygen atoms in total. The van der Waals surface area contributed by atoms with Crippen LogP contribution in [0.1, 0.15) is 6.42 Å². The molecule has 0 aliphatic heterocycles. The summed E-state index contributed by atoms with van der Waals surface area (Å²) in [6, 6.07) is 9.31. The molecule has 0 saturated carbocycles. The molecule has 0 heterocycles. The summed E-state index contributed by atoms with van der Waals surface area (Å²) in [5.41, 5.74) is 0. The highest BCUT2D eigenvalue weighted by Gasteiger charge is 1.99. The Hall–Kier alpha value is -0.690. The van der Waals surface area contributed by atoms with E-state index in [0.717, 1.165) is 5.75 Å². The van der Waals surface area contributed by atoms with Crippen LogP contribution in [0.3, 0.4) is 0 Å². The number of rotatable bonds is 6. The number of hydrogen-bond donors (Lipinski definition) is 1. The van der Waals surface area contributed by atoms with Crippen LogP contribution in [0.2, 0.25) is 0 Å². The lowest BCUT2D eigenvalue weighted by Crippen LogP contribution is -2.07. The minimum absolute atomic E-state index is 0.117. The van der Waals surface area contributed by atoms with E-state index in [1.807, 2.05) is 30.3 Å². The molecule has 0 aliphatic rings. The quantitative estimate of drug-likeness (QED) is 0.775. The molecule has 0 radical (unpaired) electrons. The third-order valence-corrected chi connectivity index (χ3v) is 2.29. The molecule has 6 heteroatoms. The van der Waals surface area contributed by atoms with Gasteiger partial charge in [0.15, 0.2) is 0 Å². The summed E-state index contributed by atoms with van der Waals surface area (Å²) in [7, 11) is -3.49. The van der Waals surface area contributed by atoms with Crippen LogP contribution in [0, 0.1) is 0 Å². The Morgan fingerprint density at radius 3 is 2.53 bits per heavy atom. The highest BCUT2D eigenvalue weighted by Crippen LogP contribution is 2.08.